The van der Waals surface area contributed by atoms with Crippen LogP contribution in [0.1, 0.15) is 44.6 Å². The highest BCUT2D eigenvalue weighted by atomic mass is 32.2. The van der Waals surface area contributed by atoms with Crippen LogP contribution in [0, 0.1) is 0 Å². The topological polar surface area (TPSA) is 65.0 Å². The molecule has 1 saturated heterocycles. The lowest BCUT2D eigenvalue weighted by Crippen LogP contribution is -2.63. The van der Waals surface area contributed by atoms with E-state index in [1.165, 1.54) is 36.1 Å². The average molecular weight is 403 g/mol. The van der Waals surface area contributed by atoms with Crippen LogP contribution >= 0.6 is 11.8 Å². The molecule has 6 nitrogen and oxygen atoms in total. The van der Waals surface area contributed by atoms with Gasteiger partial charge in [-0.15, -0.1) is 0 Å². The van der Waals surface area contributed by atoms with Crippen molar-refractivity contribution in [3.63, 3.8) is 0 Å². The van der Waals surface area contributed by atoms with Crippen molar-refractivity contribution in [1.82, 2.24) is 15.1 Å². The van der Waals surface area contributed by atoms with Gasteiger partial charge in [0.2, 0.25) is 0 Å². The lowest BCUT2D eigenvalue weighted by atomic mass is 10.1. The van der Waals surface area contributed by atoms with Gasteiger partial charge in [-0.3, -0.25) is 10.1 Å². The molecule has 0 bridgehead atoms. The molecule has 2 atom stereocenters. The van der Waals surface area contributed by atoms with Crippen LogP contribution in [0.25, 0.3) is 0 Å². The zero-order valence-corrected chi connectivity index (χ0v) is 17.6. The highest BCUT2D eigenvalue weighted by Gasteiger charge is 2.48. The third-order valence-corrected chi connectivity index (χ3v) is 6.38. The number of benzene rings is 1. The van der Waals surface area contributed by atoms with E-state index in [1.54, 1.807) is 18.8 Å². The molecule has 7 heteroatoms. The number of fused-ring (bicyclic) bond motifs is 1. The van der Waals surface area contributed by atoms with E-state index >= 15 is 0 Å². The first-order valence-corrected chi connectivity index (χ1v) is 11.2. The lowest BCUT2D eigenvalue weighted by molar-refractivity contribution is -0.127. The van der Waals surface area contributed by atoms with Gasteiger partial charge < -0.3 is 9.80 Å². The van der Waals surface area contributed by atoms with Crippen LogP contribution in [0.2, 0.25) is 0 Å². The van der Waals surface area contributed by atoms with Gasteiger partial charge >= 0.3 is 6.03 Å². The second-order valence-electron chi connectivity index (χ2n) is 7.37. The Bertz CT molecular complexity index is 710. The van der Waals surface area contributed by atoms with E-state index in [9.17, 15) is 9.59 Å². The molecular formula is C21H30N4O2S. The van der Waals surface area contributed by atoms with E-state index in [-0.39, 0.29) is 11.9 Å². The van der Waals surface area contributed by atoms with Crippen LogP contribution in [-0.4, -0.2) is 58.5 Å². The number of amidine groups is 1. The summed E-state index contributed by atoms with van der Waals surface area (Å²) in [5.41, 5.74) is 1.23. The van der Waals surface area contributed by atoms with E-state index in [0.717, 1.165) is 23.8 Å². The predicted molar refractivity (Wildman–Crippen MR) is 114 cm³/mol. The third-order valence-electron chi connectivity index (χ3n) is 5.29. The maximum Gasteiger partial charge on any atom is 0.325 e. The zero-order valence-electron chi connectivity index (χ0n) is 16.8. The van der Waals surface area contributed by atoms with Gasteiger partial charge in [-0.2, -0.15) is 0 Å². The Labute approximate surface area is 171 Å². The van der Waals surface area contributed by atoms with Crippen LogP contribution in [0.3, 0.4) is 0 Å². The van der Waals surface area contributed by atoms with E-state index in [0.29, 0.717) is 6.54 Å². The molecule has 0 saturated carbocycles. The van der Waals surface area contributed by atoms with E-state index < -0.39 is 12.2 Å². The van der Waals surface area contributed by atoms with Crippen molar-refractivity contribution in [2.24, 2.45) is 4.99 Å². The van der Waals surface area contributed by atoms with Gasteiger partial charge in [0.1, 0.15) is 0 Å². The highest BCUT2D eigenvalue weighted by molar-refractivity contribution is 8.13. The molecule has 2 aliphatic rings. The summed E-state index contributed by atoms with van der Waals surface area (Å²) in [6, 6.07) is 9.46. The molecule has 152 valence electrons. The van der Waals surface area contributed by atoms with Crippen LogP contribution in [0.5, 0.6) is 0 Å². The number of unbranched alkanes of at least 4 members (excludes halogenated alkanes) is 4. The predicted octanol–water partition coefficient (Wildman–Crippen LogP) is 3.48. The van der Waals surface area contributed by atoms with E-state index in [1.807, 2.05) is 18.2 Å². The van der Waals surface area contributed by atoms with Gasteiger partial charge in [0, 0.05) is 19.3 Å². The molecule has 1 aromatic rings. The summed E-state index contributed by atoms with van der Waals surface area (Å²) in [6.45, 7) is 2.93. The standard InChI is InChI=1S/C21H30N4O2S/c1-3-4-5-6-10-15-28-21-22-18-17(19(26)23-20(27)24(18)2)25(21)14-13-16-11-8-7-9-12-16/h7-9,11-12,17-18H,3-6,10,13-15H2,1-2H3,(H,23,26,27). The Balaban J connectivity index is 1.66. The number of likely N-dealkylation sites (N-methyl/N-ethyl adjacent to an activating group) is 1. The normalized spacial score (nSPS) is 21.6. The minimum absolute atomic E-state index is 0.247. The second kappa shape index (κ2) is 9.96. The molecule has 1 aromatic carbocycles. The van der Waals surface area contributed by atoms with Crippen molar-refractivity contribution >= 4 is 28.9 Å². The first-order chi connectivity index (χ1) is 13.6. The molecule has 1 N–H and O–H groups in total. The first-order valence-electron chi connectivity index (χ1n) is 10.2. The number of thioether (sulfide) groups is 1. The van der Waals surface area contributed by atoms with Crippen molar-refractivity contribution in [3.8, 4) is 0 Å². The summed E-state index contributed by atoms with van der Waals surface area (Å²) >= 11 is 1.71. The van der Waals surface area contributed by atoms with Crippen LogP contribution in [0.4, 0.5) is 4.79 Å². The first kappa shape index (κ1) is 20.7. The number of carbonyl (C=O) groups excluding carboxylic acids is 2. The summed E-state index contributed by atoms with van der Waals surface area (Å²) in [5.74, 6) is 0.742. The quantitative estimate of drug-likeness (QED) is 0.642. The molecule has 0 radical (unpaired) electrons. The fraction of sp³-hybridized carbons (Fsp3) is 0.571. The SMILES string of the molecule is CCCCCCCSC1=NC2C(C(=O)NC(=O)N2C)N1CCc1ccccc1. The summed E-state index contributed by atoms with van der Waals surface area (Å²) in [5, 5.41) is 3.35. The summed E-state index contributed by atoms with van der Waals surface area (Å²) in [7, 11) is 1.71. The fourth-order valence-corrected chi connectivity index (χ4v) is 4.70. The molecule has 3 rings (SSSR count). The Morgan fingerprint density at radius 1 is 1.11 bits per heavy atom. The highest BCUT2D eigenvalue weighted by Crippen LogP contribution is 2.29. The maximum atomic E-state index is 12.6. The largest absolute Gasteiger partial charge is 0.335 e. The average Bonchev–Trinajstić information content (AvgIpc) is 3.07. The number of aliphatic imine (C=N–C) groups is 1. The Morgan fingerprint density at radius 2 is 1.86 bits per heavy atom. The molecule has 0 spiro atoms. The van der Waals surface area contributed by atoms with Crippen molar-refractivity contribution in [2.75, 3.05) is 19.3 Å². The van der Waals surface area contributed by atoms with Crippen LogP contribution in [-0.2, 0) is 11.2 Å². The van der Waals surface area contributed by atoms with Crippen molar-refractivity contribution < 1.29 is 9.59 Å². The van der Waals surface area contributed by atoms with Crippen LogP contribution < -0.4 is 5.32 Å². The Kier molecular flexibility index (Phi) is 7.36. The molecule has 2 heterocycles. The smallest absolute Gasteiger partial charge is 0.325 e. The minimum Gasteiger partial charge on any atom is -0.335 e. The van der Waals surface area contributed by atoms with Gasteiger partial charge in [-0.25, -0.2) is 9.79 Å². The summed E-state index contributed by atoms with van der Waals surface area (Å²) < 4.78 is 0. The molecule has 2 unspecified atom stereocenters. The molecular weight excluding hydrogens is 372 g/mol. The Hall–Kier alpha value is -2.02. The number of carbonyl (C=O) groups is 2. The Morgan fingerprint density at radius 3 is 2.61 bits per heavy atom. The number of urea groups is 1. The molecule has 0 aromatic heterocycles. The van der Waals surface area contributed by atoms with Gasteiger partial charge in [0.25, 0.3) is 5.91 Å². The second-order valence-corrected chi connectivity index (χ2v) is 8.43. The monoisotopic (exact) mass is 402 g/mol. The number of rotatable bonds is 9. The number of hydrogen-bond acceptors (Lipinski definition) is 5. The number of imide groups is 1. The molecule has 3 amide bonds. The number of nitrogens with one attached hydrogen (secondary N) is 1. The van der Waals surface area contributed by atoms with Crippen molar-refractivity contribution in [2.45, 2.75) is 57.7 Å². The van der Waals surface area contributed by atoms with Crippen molar-refractivity contribution in [3.05, 3.63) is 35.9 Å². The van der Waals surface area contributed by atoms with Crippen LogP contribution in [0.15, 0.2) is 35.3 Å². The number of nitrogens with zero attached hydrogens (tertiary/aromatic N) is 3. The molecule has 28 heavy (non-hydrogen) atoms. The summed E-state index contributed by atoms with van der Waals surface area (Å²) in [6.07, 6.45) is 6.57. The van der Waals surface area contributed by atoms with Gasteiger partial charge in [-0.05, 0) is 18.4 Å². The number of hydrogen-bond donors (Lipinski definition) is 1. The zero-order chi connectivity index (χ0) is 19.9. The lowest BCUT2D eigenvalue weighted by Gasteiger charge is -2.36. The van der Waals surface area contributed by atoms with E-state index in [2.05, 4.69) is 29.3 Å². The van der Waals surface area contributed by atoms with Gasteiger partial charge in [0.05, 0.1) is 0 Å². The third kappa shape index (κ3) is 4.87. The van der Waals surface area contributed by atoms with Gasteiger partial charge in [0.15, 0.2) is 17.4 Å². The molecule has 1 fully saturated rings. The number of amides is 3. The van der Waals surface area contributed by atoms with Crippen molar-refractivity contribution in [1.29, 1.82) is 0 Å². The fourth-order valence-electron chi connectivity index (χ4n) is 3.62. The molecule has 2 aliphatic heterocycles. The van der Waals surface area contributed by atoms with E-state index in [4.69, 9.17) is 4.99 Å². The minimum atomic E-state index is -0.436. The van der Waals surface area contributed by atoms with Gasteiger partial charge in [-0.1, -0.05) is 74.7 Å². The molecule has 0 aliphatic carbocycles. The summed E-state index contributed by atoms with van der Waals surface area (Å²) in [4.78, 5) is 33.0. The maximum absolute atomic E-state index is 12.6.